The number of benzene rings is 1. The Balaban J connectivity index is 2.12. The number of imide groups is 1. The molecule has 2 N–H and O–H groups in total. The van der Waals surface area contributed by atoms with Gasteiger partial charge in [-0.15, -0.1) is 0 Å². The van der Waals surface area contributed by atoms with E-state index in [0.717, 1.165) is 0 Å². The molecular formula is C19H25N3O5. The number of hydrogen-bond donors (Lipinski definition) is 2. The van der Waals surface area contributed by atoms with Gasteiger partial charge in [0.1, 0.15) is 0 Å². The third-order valence-electron chi connectivity index (χ3n) is 4.45. The minimum atomic E-state index is -1.24. The van der Waals surface area contributed by atoms with Crippen LogP contribution in [0.1, 0.15) is 37.9 Å². The van der Waals surface area contributed by atoms with Gasteiger partial charge in [0.15, 0.2) is 0 Å². The highest BCUT2D eigenvalue weighted by Crippen LogP contribution is 2.24. The molecule has 8 nitrogen and oxygen atoms in total. The lowest BCUT2D eigenvalue weighted by atomic mass is 9.97. The minimum absolute atomic E-state index is 0.00975. The number of amides is 4. The van der Waals surface area contributed by atoms with Gasteiger partial charge in [0.25, 0.3) is 5.91 Å². The summed E-state index contributed by atoms with van der Waals surface area (Å²) in [6.45, 7) is 2.68. The number of rotatable bonds is 5. The molecule has 1 fully saturated rings. The monoisotopic (exact) mass is 375 g/mol. The number of hydrogen-bond acceptors (Lipinski definition) is 5. The van der Waals surface area contributed by atoms with Crippen molar-refractivity contribution in [1.82, 2.24) is 15.5 Å². The van der Waals surface area contributed by atoms with Crippen molar-refractivity contribution < 1.29 is 23.9 Å². The third-order valence-corrected chi connectivity index (χ3v) is 4.45. The molecule has 2 atom stereocenters. The Morgan fingerprint density at radius 3 is 2.56 bits per heavy atom. The molecule has 0 radical (unpaired) electrons. The first-order valence-corrected chi connectivity index (χ1v) is 9.02. The van der Waals surface area contributed by atoms with Crippen LogP contribution in [0, 0.1) is 5.92 Å². The predicted octanol–water partition coefficient (Wildman–Crippen LogP) is 1.38. The Hall–Kier alpha value is -2.90. The summed E-state index contributed by atoms with van der Waals surface area (Å²) in [6, 6.07) is 7.81. The number of nitrogens with one attached hydrogen (secondary N) is 2. The van der Waals surface area contributed by atoms with Gasteiger partial charge in [-0.2, -0.15) is 0 Å². The van der Waals surface area contributed by atoms with E-state index in [-0.39, 0.29) is 12.5 Å². The van der Waals surface area contributed by atoms with Crippen LogP contribution in [-0.4, -0.2) is 48.9 Å². The van der Waals surface area contributed by atoms with Crippen LogP contribution in [0.2, 0.25) is 0 Å². The molecule has 1 aromatic carbocycles. The van der Waals surface area contributed by atoms with E-state index in [1.165, 1.54) is 7.05 Å². The summed E-state index contributed by atoms with van der Waals surface area (Å²) in [5.41, 5.74) is 0.463. The Labute approximate surface area is 158 Å². The molecular weight excluding hydrogens is 350 g/mol. The van der Waals surface area contributed by atoms with Gasteiger partial charge >= 0.3 is 12.0 Å². The van der Waals surface area contributed by atoms with Crippen LogP contribution in [0.4, 0.5) is 4.79 Å². The molecule has 0 bridgehead atoms. The van der Waals surface area contributed by atoms with Crippen LogP contribution in [0.15, 0.2) is 30.3 Å². The van der Waals surface area contributed by atoms with Crippen LogP contribution in [0.3, 0.4) is 0 Å². The average Bonchev–Trinajstić information content (AvgIpc) is 2.71. The molecule has 2 rings (SSSR count). The maximum atomic E-state index is 12.7. The van der Waals surface area contributed by atoms with E-state index < -0.39 is 29.9 Å². The van der Waals surface area contributed by atoms with E-state index in [2.05, 4.69) is 10.6 Å². The number of ether oxygens (including phenoxy) is 1. The summed E-state index contributed by atoms with van der Waals surface area (Å²) in [7, 11) is 1.38. The van der Waals surface area contributed by atoms with E-state index in [0.29, 0.717) is 31.4 Å². The molecule has 0 saturated carbocycles. The second-order valence-corrected chi connectivity index (χ2v) is 6.33. The van der Waals surface area contributed by atoms with Crippen LogP contribution in [0.25, 0.3) is 0 Å². The van der Waals surface area contributed by atoms with E-state index in [4.69, 9.17) is 4.74 Å². The fourth-order valence-electron chi connectivity index (χ4n) is 2.97. The van der Waals surface area contributed by atoms with E-state index >= 15 is 0 Å². The molecule has 8 heteroatoms. The van der Waals surface area contributed by atoms with Gasteiger partial charge in [-0.05, 0) is 12.8 Å². The number of urea groups is 1. The zero-order valence-electron chi connectivity index (χ0n) is 15.6. The largest absolute Gasteiger partial charge is 0.447 e. The molecule has 4 amide bonds. The summed E-state index contributed by atoms with van der Waals surface area (Å²) in [5, 5.41) is 4.43. The van der Waals surface area contributed by atoms with Crippen LogP contribution in [-0.2, 0) is 19.1 Å². The Morgan fingerprint density at radius 1 is 1.22 bits per heavy atom. The summed E-state index contributed by atoms with van der Waals surface area (Å²) in [5.74, 6) is -1.78. The smallest absolute Gasteiger partial charge is 0.321 e. The molecule has 0 unspecified atom stereocenters. The fourth-order valence-corrected chi connectivity index (χ4v) is 2.97. The van der Waals surface area contributed by atoms with Crippen LogP contribution < -0.4 is 10.6 Å². The second kappa shape index (κ2) is 9.70. The maximum Gasteiger partial charge on any atom is 0.321 e. The zero-order valence-corrected chi connectivity index (χ0v) is 15.6. The van der Waals surface area contributed by atoms with Gasteiger partial charge in [0.2, 0.25) is 12.0 Å². The lowest BCUT2D eigenvalue weighted by Crippen LogP contribution is -2.44. The van der Waals surface area contributed by atoms with Crippen molar-refractivity contribution in [3.05, 3.63) is 35.9 Å². The quantitative estimate of drug-likeness (QED) is 0.757. The molecule has 1 saturated heterocycles. The summed E-state index contributed by atoms with van der Waals surface area (Å²) < 4.78 is 5.48. The SMILES string of the molecule is CCC(=O)N1CCC[C@H](C(=O)O[C@H](C(=O)NC(=O)NC)c2ccccc2)C1. The second-order valence-electron chi connectivity index (χ2n) is 6.33. The number of carbonyl (C=O) groups is 4. The van der Waals surface area contributed by atoms with Crippen molar-refractivity contribution in [3.8, 4) is 0 Å². The van der Waals surface area contributed by atoms with Crippen LogP contribution in [0.5, 0.6) is 0 Å². The topological polar surface area (TPSA) is 105 Å². The van der Waals surface area contributed by atoms with Gasteiger partial charge in [-0.1, -0.05) is 37.3 Å². The lowest BCUT2D eigenvalue weighted by molar-refractivity contribution is -0.162. The summed E-state index contributed by atoms with van der Waals surface area (Å²) in [6.07, 6.45) is 0.424. The van der Waals surface area contributed by atoms with E-state index in [9.17, 15) is 19.2 Å². The molecule has 1 aliphatic rings. The highest BCUT2D eigenvalue weighted by molar-refractivity contribution is 5.97. The molecule has 0 aromatic heterocycles. The van der Waals surface area contributed by atoms with Crippen molar-refractivity contribution in [3.63, 3.8) is 0 Å². The van der Waals surface area contributed by atoms with Gasteiger partial charge in [0, 0.05) is 32.1 Å². The molecule has 146 valence electrons. The minimum Gasteiger partial charge on any atom is -0.447 e. The number of piperidine rings is 1. The van der Waals surface area contributed by atoms with E-state index in [1.54, 1.807) is 42.2 Å². The number of nitrogens with zero attached hydrogens (tertiary/aromatic N) is 1. The molecule has 1 aromatic rings. The molecule has 27 heavy (non-hydrogen) atoms. The van der Waals surface area contributed by atoms with Crippen molar-refractivity contribution >= 4 is 23.8 Å². The molecule has 0 spiro atoms. The van der Waals surface area contributed by atoms with Gasteiger partial charge in [-0.3, -0.25) is 19.7 Å². The first kappa shape index (κ1) is 20.4. The van der Waals surface area contributed by atoms with Crippen molar-refractivity contribution in [2.45, 2.75) is 32.3 Å². The normalized spacial score (nSPS) is 17.6. The Bertz CT molecular complexity index is 692. The first-order valence-electron chi connectivity index (χ1n) is 9.02. The number of carbonyl (C=O) groups excluding carboxylic acids is 4. The standard InChI is InChI=1S/C19H25N3O5/c1-3-15(23)22-11-7-10-14(12-22)18(25)27-16(13-8-5-4-6-9-13)17(24)21-19(26)20-2/h4-6,8-9,14,16H,3,7,10-12H2,1-2H3,(H2,20,21,24,26)/t14-,16-/m0/s1. The first-order chi connectivity index (χ1) is 13.0. The van der Waals surface area contributed by atoms with Crippen molar-refractivity contribution in [1.29, 1.82) is 0 Å². The fraction of sp³-hybridized carbons (Fsp3) is 0.474. The molecule has 0 aliphatic carbocycles. The van der Waals surface area contributed by atoms with Gasteiger partial charge in [-0.25, -0.2) is 4.79 Å². The molecule has 1 aliphatic heterocycles. The molecule has 1 heterocycles. The van der Waals surface area contributed by atoms with Gasteiger partial charge < -0.3 is 15.0 Å². The average molecular weight is 375 g/mol. The van der Waals surface area contributed by atoms with Crippen molar-refractivity contribution in [2.24, 2.45) is 5.92 Å². The highest BCUT2D eigenvalue weighted by atomic mass is 16.5. The Kier molecular flexibility index (Phi) is 7.34. The Morgan fingerprint density at radius 2 is 1.93 bits per heavy atom. The third kappa shape index (κ3) is 5.54. The maximum absolute atomic E-state index is 12.7. The number of esters is 1. The predicted molar refractivity (Wildman–Crippen MR) is 97.5 cm³/mol. The van der Waals surface area contributed by atoms with Crippen molar-refractivity contribution in [2.75, 3.05) is 20.1 Å². The van der Waals surface area contributed by atoms with Gasteiger partial charge in [0.05, 0.1) is 5.92 Å². The van der Waals surface area contributed by atoms with E-state index in [1.807, 2.05) is 0 Å². The number of likely N-dealkylation sites (tertiary alicyclic amines) is 1. The summed E-state index contributed by atoms with van der Waals surface area (Å²) >= 11 is 0. The lowest BCUT2D eigenvalue weighted by Gasteiger charge is -2.32. The zero-order chi connectivity index (χ0) is 19.8. The van der Waals surface area contributed by atoms with Crippen LogP contribution >= 0.6 is 0 Å². The summed E-state index contributed by atoms with van der Waals surface area (Å²) in [4.78, 5) is 50.1. The highest BCUT2D eigenvalue weighted by Gasteiger charge is 2.33.